The van der Waals surface area contributed by atoms with Crippen LogP contribution >= 0.6 is 0 Å². The summed E-state index contributed by atoms with van der Waals surface area (Å²) in [5.74, 6) is -1.66. The maximum absolute atomic E-state index is 12.1. The summed E-state index contributed by atoms with van der Waals surface area (Å²) in [4.78, 5) is 22.8. The van der Waals surface area contributed by atoms with Crippen molar-refractivity contribution in [2.45, 2.75) is 51.8 Å². The van der Waals surface area contributed by atoms with E-state index in [1.165, 1.54) is 13.8 Å². The minimum atomic E-state index is -3.76. The van der Waals surface area contributed by atoms with E-state index in [2.05, 4.69) is 0 Å². The molecule has 6 nitrogen and oxygen atoms in total. The first kappa shape index (κ1) is 14.9. The smallest absolute Gasteiger partial charge is 0.305 e. The van der Waals surface area contributed by atoms with Crippen LogP contribution in [0.3, 0.4) is 0 Å². The third-order valence-electron chi connectivity index (χ3n) is 3.27. The van der Waals surface area contributed by atoms with Crippen molar-refractivity contribution < 1.29 is 23.1 Å². The van der Waals surface area contributed by atoms with E-state index in [9.17, 15) is 18.0 Å². The Bertz CT molecular complexity index is 486. The van der Waals surface area contributed by atoms with Crippen LogP contribution in [0.5, 0.6) is 0 Å². The number of rotatable bonds is 3. The molecule has 0 aromatic carbocycles. The number of carboxylic acid groups (broad SMARTS) is 1. The van der Waals surface area contributed by atoms with Gasteiger partial charge >= 0.3 is 5.97 Å². The minimum Gasteiger partial charge on any atom is -0.481 e. The van der Waals surface area contributed by atoms with Crippen molar-refractivity contribution in [1.82, 2.24) is 4.31 Å². The zero-order valence-corrected chi connectivity index (χ0v) is 12.0. The van der Waals surface area contributed by atoms with Gasteiger partial charge in [0.05, 0.1) is 12.5 Å². The Morgan fingerprint density at radius 2 is 1.83 bits per heavy atom. The van der Waals surface area contributed by atoms with Gasteiger partial charge in [-0.05, 0) is 19.3 Å². The first-order valence-corrected chi connectivity index (χ1v) is 7.07. The van der Waals surface area contributed by atoms with E-state index in [0.717, 1.165) is 4.31 Å². The van der Waals surface area contributed by atoms with E-state index in [0.29, 0.717) is 0 Å². The first-order valence-electron chi connectivity index (χ1n) is 5.63. The number of aliphatic carboxylic acids is 1. The quantitative estimate of drug-likeness (QED) is 0.824. The van der Waals surface area contributed by atoms with Crippen LogP contribution in [-0.4, -0.2) is 40.5 Å². The molecule has 1 N–H and O–H groups in total. The summed E-state index contributed by atoms with van der Waals surface area (Å²) in [5.41, 5.74) is -0.627. The van der Waals surface area contributed by atoms with E-state index in [-0.39, 0.29) is 6.42 Å². The molecule has 1 rings (SSSR count). The van der Waals surface area contributed by atoms with Gasteiger partial charge in [0, 0.05) is 0 Å². The zero-order valence-electron chi connectivity index (χ0n) is 11.2. The molecule has 0 saturated carbocycles. The molecule has 1 saturated heterocycles. The van der Waals surface area contributed by atoms with Crippen LogP contribution in [0, 0.1) is 5.41 Å². The van der Waals surface area contributed by atoms with Crippen LogP contribution < -0.4 is 0 Å². The molecule has 0 bridgehead atoms. The molecule has 0 aromatic heterocycles. The second-order valence-electron chi connectivity index (χ2n) is 6.10. The second-order valence-corrected chi connectivity index (χ2v) is 8.46. The molecular formula is C11H19NO5S. The molecular weight excluding hydrogens is 258 g/mol. The molecule has 1 fully saturated rings. The van der Waals surface area contributed by atoms with Crippen LogP contribution in [0.2, 0.25) is 0 Å². The SMILES string of the molecule is CC(C)(C)C(CC(=O)O)N1C(=O)C(C)(C)S1(=O)=O. The largest absolute Gasteiger partial charge is 0.481 e. The predicted molar refractivity (Wildman–Crippen MR) is 65.3 cm³/mol. The highest BCUT2D eigenvalue weighted by molar-refractivity contribution is 7.94. The van der Waals surface area contributed by atoms with Crippen molar-refractivity contribution in [1.29, 1.82) is 0 Å². The molecule has 0 radical (unpaired) electrons. The Hall–Kier alpha value is -1.11. The molecule has 7 heteroatoms. The topological polar surface area (TPSA) is 91.8 Å². The lowest BCUT2D eigenvalue weighted by Gasteiger charge is -2.50. The number of carbonyl (C=O) groups excluding carboxylic acids is 1. The number of hydrogen-bond acceptors (Lipinski definition) is 4. The van der Waals surface area contributed by atoms with Gasteiger partial charge in [0.1, 0.15) is 0 Å². The van der Waals surface area contributed by atoms with E-state index in [4.69, 9.17) is 5.11 Å². The Morgan fingerprint density at radius 3 is 2.11 bits per heavy atom. The van der Waals surface area contributed by atoms with Crippen molar-refractivity contribution in [3.63, 3.8) is 0 Å². The number of hydrogen-bond donors (Lipinski definition) is 1. The van der Waals surface area contributed by atoms with E-state index in [1.807, 2.05) is 0 Å². The molecule has 1 amide bonds. The maximum atomic E-state index is 12.1. The Labute approximate surface area is 107 Å². The average molecular weight is 277 g/mol. The van der Waals surface area contributed by atoms with Crippen LogP contribution in [0.4, 0.5) is 0 Å². The van der Waals surface area contributed by atoms with Gasteiger partial charge in [0.15, 0.2) is 4.75 Å². The number of carboxylic acids is 1. The molecule has 0 aliphatic carbocycles. The van der Waals surface area contributed by atoms with Crippen LogP contribution in [0.1, 0.15) is 41.0 Å². The highest BCUT2D eigenvalue weighted by atomic mass is 32.2. The predicted octanol–water partition coefficient (Wildman–Crippen LogP) is 0.826. The standard InChI is InChI=1S/C11H19NO5S/c1-10(2,3)7(6-8(13)14)12-9(15)11(4,5)18(12,16)17/h7H,6H2,1-5H3,(H,13,14). The third-order valence-corrected chi connectivity index (χ3v) is 5.67. The van der Waals surface area contributed by atoms with Gasteiger partial charge in [-0.1, -0.05) is 20.8 Å². The number of sulfonamides is 1. The average Bonchev–Trinajstić information content (AvgIpc) is 2.13. The van der Waals surface area contributed by atoms with Crippen molar-refractivity contribution >= 4 is 21.9 Å². The monoisotopic (exact) mass is 277 g/mol. The van der Waals surface area contributed by atoms with Crippen LogP contribution in [0.15, 0.2) is 0 Å². The molecule has 1 unspecified atom stereocenters. The summed E-state index contributed by atoms with van der Waals surface area (Å²) in [6.07, 6.45) is -0.384. The summed E-state index contributed by atoms with van der Waals surface area (Å²) in [7, 11) is -3.76. The van der Waals surface area contributed by atoms with Gasteiger partial charge in [-0.25, -0.2) is 12.7 Å². The molecule has 1 atom stereocenters. The molecule has 0 spiro atoms. The fourth-order valence-electron chi connectivity index (χ4n) is 1.91. The van der Waals surface area contributed by atoms with Gasteiger partial charge in [-0.3, -0.25) is 9.59 Å². The Kier molecular flexibility index (Phi) is 3.27. The molecule has 1 aliphatic heterocycles. The van der Waals surface area contributed by atoms with Crippen molar-refractivity contribution in [3.05, 3.63) is 0 Å². The van der Waals surface area contributed by atoms with E-state index < -0.39 is 38.1 Å². The molecule has 1 heterocycles. The number of carbonyl (C=O) groups is 2. The van der Waals surface area contributed by atoms with Gasteiger partial charge in [-0.2, -0.15) is 0 Å². The molecule has 104 valence electrons. The van der Waals surface area contributed by atoms with Gasteiger partial charge < -0.3 is 5.11 Å². The summed E-state index contributed by atoms with van der Waals surface area (Å²) in [5, 5.41) is 8.87. The fraction of sp³-hybridized carbons (Fsp3) is 0.818. The minimum absolute atomic E-state index is 0.384. The summed E-state index contributed by atoms with van der Waals surface area (Å²) < 4.78 is 23.4. The van der Waals surface area contributed by atoms with Gasteiger partial charge in [-0.15, -0.1) is 0 Å². The molecule has 0 aromatic rings. The summed E-state index contributed by atoms with van der Waals surface area (Å²) >= 11 is 0. The highest BCUT2D eigenvalue weighted by Crippen LogP contribution is 2.42. The van der Waals surface area contributed by atoms with E-state index >= 15 is 0 Å². The lowest BCUT2D eigenvalue weighted by atomic mass is 9.84. The zero-order chi connectivity index (χ0) is 14.5. The molecule has 18 heavy (non-hydrogen) atoms. The molecule has 1 aliphatic rings. The lowest BCUT2D eigenvalue weighted by Crippen LogP contribution is -2.71. The van der Waals surface area contributed by atoms with Crippen LogP contribution in [-0.2, 0) is 19.6 Å². The van der Waals surface area contributed by atoms with Crippen molar-refractivity contribution in [3.8, 4) is 0 Å². The lowest BCUT2D eigenvalue weighted by molar-refractivity contribution is -0.142. The summed E-state index contributed by atoms with van der Waals surface area (Å²) in [6.45, 7) is 7.82. The maximum Gasteiger partial charge on any atom is 0.305 e. The van der Waals surface area contributed by atoms with Gasteiger partial charge in [0.2, 0.25) is 0 Å². The first-order chi connectivity index (χ1) is 7.83. The number of nitrogens with zero attached hydrogens (tertiary/aromatic N) is 1. The third kappa shape index (κ3) is 2.00. The second kappa shape index (κ2) is 3.94. The van der Waals surface area contributed by atoms with Crippen molar-refractivity contribution in [2.24, 2.45) is 5.41 Å². The normalized spacial score (nSPS) is 23.4. The summed E-state index contributed by atoms with van der Waals surface area (Å²) in [6, 6.07) is -0.861. The van der Waals surface area contributed by atoms with Crippen LogP contribution in [0.25, 0.3) is 0 Å². The van der Waals surface area contributed by atoms with E-state index in [1.54, 1.807) is 20.8 Å². The Morgan fingerprint density at radius 1 is 1.39 bits per heavy atom. The number of amides is 1. The van der Waals surface area contributed by atoms with Crippen molar-refractivity contribution in [2.75, 3.05) is 0 Å². The van der Waals surface area contributed by atoms with Gasteiger partial charge in [0.25, 0.3) is 15.9 Å². The highest BCUT2D eigenvalue weighted by Gasteiger charge is 2.63. The fourth-order valence-corrected chi connectivity index (χ4v) is 3.76. The Balaban J connectivity index is 3.19.